The Balaban J connectivity index is 2.54. The smallest absolute Gasteiger partial charge is 0.246 e. The third-order valence-electron chi connectivity index (χ3n) is 1.77. The second-order valence-electron chi connectivity index (χ2n) is 2.95. The van der Waals surface area contributed by atoms with E-state index in [-0.39, 0.29) is 12.5 Å². The zero-order chi connectivity index (χ0) is 11.3. The Morgan fingerprint density at radius 2 is 2.33 bits per heavy atom. The number of hydrogen-bond donors (Lipinski definition) is 1. The minimum absolute atomic E-state index is 0.0636. The first-order valence-corrected chi connectivity index (χ1v) is 5.50. The number of rotatable bonds is 4. The molecule has 15 heavy (non-hydrogen) atoms. The third kappa shape index (κ3) is 4.20. The summed E-state index contributed by atoms with van der Waals surface area (Å²) in [4.78, 5) is 11.1. The van der Waals surface area contributed by atoms with Crippen molar-refractivity contribution in [1.82, 2.24) is 5.32 Å². The molecule has 0 saturated heterocycles. The lowest BCUT2D eigenvalue weighted by Gasteiger charge is -2.06. The fraction of sp³-hybridized carbons (Fsp3) is 0.300. The van der Waals surface area contributed by atoms with Crippen molar-refractivity contribution in [1.29, 1.82) is 0 Å². The van der Waals surface area contributed by atoms with E-state index >= 15 is 0 Å². The molecule has 0 radical (unpaired) electrons. The monoisotopic (exact) mass is 291 g/mol. The number of carbonyl (C=O) groups excluding carboxylic acids is 1. The van der Waals surface area contributed by atoms with Crippen LogP contribution in [0.1, 0.15) is 5.56 Å². The maximum atomic E-state index is 11.1. The molecule has 82 valence electrons. The summed E-state index contributed by atoms with van der Waals surface area (Å²) >= 11 is 9.29. The number of carbonyl (C=O) groups is 1. The molecular weight excluding hydrogens is 281 g/mol. The van der Waals surface area contributed by atoms with E-state index in [0.29, 0.717) is 11.6 Å². The molecule has 0 aromatic heterocycles. The SMILES string of the molecule is COCC(=O)NCc1ccc(Br)cc1Cl. The third-order valence-corrected chi connectivity index (χ3v) is 2.61. The van der Waals surface area contributed by atoms with Crippen molar-refractivity contribution in [2.75, 3.05) is 13.7 Å². The molecule has 0 aliphatic carbocycles. The van der Waals surface area contributed by atoms with Crippen molar-refractivity contribution in [3.8, 4) is 0 Å². The minimum Gasteiger partial charge on any atom is -0.375 e. The number of benzene rings is 1. The Bertz CT molecular complexity index is 357. The van der Waals surface area contributed by atoms with Crippen LogP contribution < -0.4 is 5.32 Å². The van der Waals surface area contributed by atoms with Gasteiger partial charge in [-0.05, 0) is 17.7 Å². The van der Waals surface area contributed by atoms with Gasteiger partial charge in [0, 0.05) is 23.1 Å². The van der Waals surface area contributed by atoms with Gasteiger partial charge < -0.3 is 10.1 Å². The molecule has 1 N–H and O–H groups in total. The summed E-state index contributed by atoms with van der Waals surface area (Å²) in [6.07, 6.45) is 0. The van der Waals surface area contributed by atoms with Crippen LogP contribution in [0, 0.1) is 0 Å². The van der Waals surface area contributed by atoms with Crippen molar-refractivity contribution in [2.45, 2.75) is 6.54 Å². The van der Waals surface area contributed by atoms with E-state index < -0.39 is 0 Å². The molecule has 1 aromatic carbocycles. The van der Waals surface area contributed by atoms with Gasteiger partial charge in [0.25, 0.3) is 0 Å². The average molecular weight is 293 g/mol. The molecule has 0 saturated carbocycles. The molecule has 1 amide bonds. The zero-order valence-electron chi connectivity index (χ0n) is 8.22. The van der Waals surface area contributed by atoms with Crippen molar-refractivity contribution in [3.63, 3.8) is 0 Å². The van der Waals surface area contributed by atoms with Gasteiger partial charge in [-0.15, -0.1) is 0 Å². The highest BCUT2D eigenvalue weighted by atomic mass is 79.9. The van der Waals surface area contributed by atoms with E-state index in [0.717, 1.165) is 10.0 Å². The Morgan fingerprint density at radius 3 is 2.93 bits per heavy atom. The fourth-order valence-corrected chi connectivity index (χ4v) is 1.78. The molecule has 0 aliphatic rings. The standard InChI is InChI=1S/C10H11BrClNO2/c1-15-6-10(14)13-5-7-2-3-8(11)4-9(7)12/h2-4H,5-6H2,1H3,(H,13,14). The van der Waals surface area contributed by atoms with E-state index in [1.807, 2.05) is 12.1 Å². The van der Waals surface area contributed by atoms with Crippen LogP contribution in [-0.2, 0) is 16.1 Å². The van der Waals surface area contributed by atoms with Crippen LogP contribution in [0.3, 0.4) is 0 Å². The van der Waals surface area contributed by atoms with E-state index in [9.17, 15) is 4.79 Å². The zero-order valence-corrected chi connectivity index (χ0v) is 10.6. The van der Waals surface area contributed by atoms with Gasteiger partial charge in [-0.2, -0.15) is 0 Å². The van der Waals surface area contributed by atoms with E-state index in [1.54, 1.807) is 6.07 Å². The van der Waals surface area contributed by atoms with Gasteiger partial charge in [0.15, 0.2) is 0 Å². The number of ether oxygens (including phenoxy) is 1. The first kappa shape index (κ1) is 12.5. The number of amides is 1. The lowest BCUT2D eigenvalue weighted by atomic mass is 10.2. The molecule has 1 rings (SSSR count). The highest BCUT2D eigenvalue weighted by molar-refractivity contribution is 9.10. The summed E-state index contributed by atoms with van der Waals surface area (Å²) in [5.41, 5.74) is 0.879. The molecule has 0 fully saturated rings. The van der Waals surface area contributed by atoms with Crippen molar-refractivity contribution in [3.05, 3.63) is 33.3 Å². The Morgan fingerprint density at radius 1 is 1.60 bits per heavy atom. The van der Waals surface area contributed by atoms with Gasteiger partial charge in [0.05, 0.1) is 0 Å². The van der Waals surface area contributed by atoms with Crippen molar-refractivity contribution in [2.24, 2.45) is 0 Å². The average Bonchev–Trinajstić information content (AvgIpc) is 2.17. The van der Waals surface area contributed by atoms with Crippen LogP contribution in [0.15, 0.2) is 22.7 Å². The second kappa shape index (κ2) is 6.10. The lowest BCUT2D eigenvalue weighted by molar-refractivity contribution is -0.124. The van der Waals surface area contributed by atoms with Crippen LogP contribution in [0.5, 0.6) is 0 Å². The van der Waals surface area contributed by atoms with Gasteiger partial charge >= 0.3 is 0 Å². The summed E-state index contributed by atoms with van der Waals surface area (Å²) in [6, 6.07) is 5.53. The largest absolute Gasteiger partial charge is 0.375 e. The van der Waals surface area contributed by atoms with Crippen molar-refractivity contribution >= 4 is 33.4 Å². The van der Waals surface area contributed by atoms with Crippen LogP contribution in [-0.4, -0.2) is 19.6 Å². The Labute approximate surface area is 102 Å². The summed E-state index contributed by atoms with van der Waals surface area (Å²) < 4.78 is 5.61. The molecule has 0 heterocycles. The topological polar surface area (TPSA) is 38.3 Å². The van der Waals surface area contributed by atoms with Gasteiger partial charge in [0.1, 0.15) is 6.61 Å². The summed E-state index contributed by atoms with van der Waals surface area (Å²) in [6.45, 7) is 0.475. The normalized spacial score (nSPS) is 10.1. The minimum atomic E-state index is -0.156. The summed E-state index contributed by atoms with van der Waals surface area (Å²) in [5.74, 6) is -0.156. The molecule has 1 aromatic rings. The predicted octanol–water partition coefficient (Wildman–Crippen LogP) is 2.37. The van der Waals surface area contributed by atoms with Crippen LogP contribution >= 0.6 is 27.5 Å². The first-order valence-electron chi connectivity index (χ1n) is 4.33. The first-order chi connectivity index (χ1) is 7.13. The number of hydrogen-bond acceptors (Lipinski definition) is 2. The Kier molecular flexibility index (Phi) is 5.08. The fourth-order valence-electron chi connectivity index (χ4n) is 1.04. The summed E-state index contributed by atoms with van der Waals surface area (Å²) in [7, 11) is 1.48. The highest BCUT2D eigenvalue weighted by Gasteiger charge is 2.03. The molecule has 0 atom stereocenters. The van der Waals surface area contributed by atoms with E-state index in [2.05, 4.69) is 26.0 Å². The predicted molar refractivity (Wildman–Crippen MR) is 62.9 cm³/mol. The van der Waals surface area contributed by atoms with E-state index in [4.69, 9.17) is 11.6 Å². The molecule has 0 spiro atoms. The van der Waals surface area contributed by atoms with Crippen LogP contribution in [0.4, 0.5) is 0 Å². The number of nitrogens with one attached hydrogen (secondary N) is 1. The Hall–Kier alpha value is -0.580. The molecule has 5 heteroatoms. The molecule has 3 nitrogen and oxygen atoms in total. The highest BCUT2D eigenvalue weighted by Crippen LogP contribution is 2.20. The van der Waals surface area contributed by atoms with Crippen LogP contribution in [0.2, 0.25) is 5.02 Å². The molecule has 0 aliphatic heterocycles. The van der Waals surface area contributed by atoms with Gasteiger partial charge in [-0.25, -0.2) is 0 Å². The molecule has 0 unspecified atom stereocenters. The van der Waals surface area contributed by atoms with E-state index in [1.165, 1.54) is 7.11 Å². The lowest BCUT2D eigenvalue weighted by Crippen LogP contribution is -2.26. The maximum absolute atomic E-state index is 11.1. The van der Waals surface area contributed by atoms with Gasteiger partial charge in [0.2, 0.25) is 5.91 Å². The molecule has 0 bridgehead atoms. The number of halogens is 2. The van der Waals surface area contributed by atoms with Gasteiger partial charge in [-0.1, -0.05) is 33.6 Å². The maximum Gasteiger partial charge on any atom is 0.246 e. The van der Waals surface area contributed by atoms with Crippen molar-refractivity contribution < 1.29 is 9.53 Å². The molecular formula is C10H11BrClNO2. The summed E-state index contributed by atoms with van der Waals surface area (Å²) in [5, 5.41) is 3.32. The van der Waals surface area contributed by atoms with Gasteiger partial charge in [-0.3, -0.25) is 4.79 Å². The number of methoxy groups -OCH3 is 1. The van der Waals surface area contributed by atoms with Crippen LogP contribution in [0.25, 0.3) is 0 Å². The second-order valence-corrected chi connectivity index (χ2v) is 4.27. The quantitative estimate of drug-likeness (QED) is 0.925.